The van der Waals surface area contributed by atoms with Crippen molar-refractivity contribution in [2.75, 3.05) is 5.94 Å². The maximum atomic E-state index is 10.9. The Balaban J connectivity index is 4.07. The molecule has 0 heterocycles. The molecule has 5 nitrogen and oxygen atoms in total. The normalized spacial score (nSPS) is 12.7. The van der Waals surface area contributed by atoms with Crippen LogP contribution in [0.15, 0.2) is 0 Å². The molecule has 1 N–H and O–H groups in total. The van der Waals surface area contributed by atoms with Crippen LogP contribution < -0.4 is 0 Å². The third kappa shape index (κ3) is 5.09. The van der Waals surface area contributed by atoms with Crippen molar-refractivity contribution >= 4 is 16.1 Å². The highest BCUT2D eigenvalue weighted by Gasteiger charge is 2.24. The smallest absolute Gasteiger partial charge is 0.312 e. The van der Waals surface area contributed by atoms with E-state index in [0.29, 0.717) is 0 Å². The third-order valence-electron chi connectivity index (χ3n) is 0.951. The van der Waals surface area contributed by atoms with Crippen LogP contribution >= 0.6 is 0 Å². The number of carbonyl (C=O) groups is 1. The Morgan fingerprint density at radius 2 is 1.83 bits per heavy atom. The zero-order chi connectivity index (χ0) is 9.99. The monoisotopic (exact) mass is 196 g/mol. The lowest BCUT2D eigenvalue weighted by molar-refractivity contribution is -0.150. The minimum atomic E-state index is -4.22. The zero-order valence-corrected chi connectivity index (χ0v) is 8.01. The Morgan fingerprint density at radius 3 is 2.08 bits per heavy atom. The summed E-state index contributed by atoms with van der Waals surface area (Å²) >= 11 is 0. The van der Waals surface area contributed by atoms with Gasteiger partial charge in [0.25, 0.3) is 0 Å². The van der Waals surface area contributed by atoms with Gasteiger partial charge in [-0.15, -0.1) is 0 Å². The largest absolute Gasteiger partial charge is 0.446 e. The maximum Gasteiger partial charge on any atom is 0.312 e. The lowest BCUT2D eigenvalue weighted by atomic mass is 9.98. The summed E-state index contributed by atoms with van der Waals surface area (Å²) < 4.78 is 32.8. The van der Waals surface area contributed by atoms with Crippen LogP contribution in [0.5, 0.6) is 0 Å². The van der Waals surface area contributed by atoms with Crippen molar-refractivity contribution in [3.05, 3.63) is 0 Å². The van der Waals surface area contributed by atoms with Gasteiger partial charge in [-0.05, 0) is 20.8 Å². The molecule has 0 aliphatic rings. The van der Waals surface area contributed by atoms with Crippen molar-refractivity contribution in [2.24, 2.45) is 5.41 Å². The third-order valence-corrected chi connectivity index (χ3v) is 1.37. The van der Waals surface area contributed by atoms with Gasteiger partial charge in [0.2, 0.25) is 5.94 Å². The highest BCUT2D eigenvalue weighted by Crippen LogP contribution is 2.15. The number of esters is 1. The van der Waals surface area contributed by atoms with Crippen LogP contribution in [-0.4, -0.2) is 24.9 Å². The van der Waals surface area contributed by atoms with E-state index in [1.165, 1.54) is 0 Å². The van der Waals surface area contributed by atoms with Gasteiger partial charge >= 0.3 is 16.1 Å². The molecule has 0 fully saturated rings. The highest BCUT2D eigenvalue weighted by atomic mass is 32.2. The first-order valence-electron chi connectivity index (χ1n) is 3.25. The molecule has 0 saturated carbocycles. The lowest BCUT2D eigenvalue weighted by Crippen LogP contribution is -2.25. The molecule has 0 aliphatic heterocycles. The van der Waals surface area contributed by atoms with Crippen molar-refractivity contribution < 1.29 is 22.5 Å². The Kier molecular flexibility index (Phi) is 3.23. The Hall–Kier alpha value is -0.620. The minimum Gasteiger partial charge on any atom is -0.446 e. The summed E-state index contributed by atoms with van der Waals surface area (Å²) in [5, 5.41) is 0. The van der Waals surface area contributed by atoms with E-state index in [-0.39, 0.29) is 0 Å². The second-order valence-electron chi connectivity index (χ2n) is 3.38. The first-order valence-corrected chi connectivity index (χ1v) is 4.86. The van der Waals surface area contributed by atoms with Gasteiger partial charge in [-0.1, -0.05) is 0 Å². The van der Waals surface area contributed by atoms with Gasteiger partial charge in [0.15, 0.2) is 0 Å². The molecule has 0 aromatic carbocycles. The fourth-order valence-electron chi connectivity index (χ4n) is 0.344. The summed E-state index contributed by atoms with van der Waals surface area (Å²) in [6, 6.07) is 0. The predicted octanol–water partition coefficient (Wildman–Crippen LogP) is 0.421. The number of carbonyl (C=O) groups excluding carboxylic acids is 1. The molecule has 0 atom stereocenters. The average Bonchev–Trinajstić information content (AvgIpc) is 1.78. The predicted molar refractivity (Wildman–Crippen MR) is 42.0 cm³/mol. The van der Waals surface area contributed by atoms with Gasteiger partial charge in [0, 0.05) is 0 Å². The van der Waals surface area contributed by atoms with Crippen LogP contribution in [0.2, 0.25) is 0 Å². The van der Waals surface area contributed by atoms with Gasteiger partial charge in [0.05, 0.1) is 5.41 Å². The highest BCUT2D eigenvalue weighted by molar-refractivity contribution is 7.85. The summed E-state index contributed by atoms with van der Waals surface area (Å²) in [6.07, 6.45) is 0. The Bertz CT molecular complexity index is 258. The molecule has 12 heavy (non-hydrogen) atoms. The molecular formula is C6H12O5S. The van der Waals surface area contributed by atoms with Crippen LogP contribution in [0.1, 0.15) is 20.8 Å². The van der Waals surface area contributed by atoms with Gasteiger partial charge in [-0.2, -0.15) is 8.42 Å². The van der Waals surface area contributed by atoms with E-state index >= 15 is 0 Å². The molecule has 6 heteroatoms. The van der Waals surface area contributed by atoms with E-state index in [9.17, 15) is 13.2 Å². The fraction of sp³-hybridized carbons (Fsp3) is 0.833. The van der Waals surface area contributed by atoms with E-state index in [1.807, 2.05) is 0 Å². The van der Waals surface area contributed by atoms with Crippen LogP contribution in [0.4, 0.5) is 0 Å². The zero-order valence-electron chi connectivity index (χ0n) is 7.20. The van der Waals surface area contributed by atoms with E-state index in [2.05, 4.69) is 4.74 Å². The molecule has 0 spiro atoms. The van der Waals surface area contributed by atoms with Gasteiger partial charge in [-0.3, -0.25) is 9.35 Å². The molecule has 0 aliphatic carbocycles. The molecule has 72 valence electrons. The molecule has 0 aromatic heterocycles. The summed E-state index contributed by atoms with van der Waals surface area (Å²) in [7, 11) is -4.22. The summed E-state index contributed by atoms with van der Waals surface area (Å²) in [4.78, 5) is 10.9. The van der Waals surface area contributed by atoms with Crippen LogP contribution in [0.3, 0.4) is 0 Å². The second-order valence-corrected chi connectivity index (χ2v) is 4.78. The standard InChI is InChI=1S/C6H12O5S/c1-6(2,3)5(7)11-4-12(8,9)10/h4H2,1-3H3,(H,8,9,10). The molecule has 0 aromatic rings. The molecule has 0 radical (unpaired) electrons. The van der Waals surface area contributed by atoms with Gasteiger partial charge < -0.3 is 4.74 Å². The lowest BCUT2D eigenvalue weighted by Gasteiger charge is -2.15. The van der Waals surface area contributed by atoms with Crippen molar-refractivity contribution in [2.45, 2.75) is 20.8 Å². The number of hydrogen-bond donors (Lipinski definition) is 1. The second kappa shape index (κ2) is 3.40. The SMILES string of the molecule is CC(C)(C)C(=O)OCS(=O)(=O)O. The maximum absolute atomic E-state index is 10.9. The fourth-order valence-corrected chi connectivity index (χ4v) is 0.600. The molecule has 0 amide bonds. The summed E-state index contributed by atoms with van der Waals surface area (Å²) in [5.74, 6) is -1.65. The van der Waals surface area contributed by atoms with E-state index in [4.69, 9.17) is 4.55 Å². The topological polar surface area (TPSA) is 80.7 Å². The Labute approximate surface area is 71.5 Å². The van der Waals surface area contributed by atoms with Crippen LogP contribution in [-0.2, 0) is 19.6 Å². The first-order chi connectivity index (χ1) is 5.13. The molecule has 0 unspecified atom stereocenters. The number of ether oxygens (including phenoxy) is 1. The summed E-state index contributed by atoms with van der Waals surface area (Å²) in [6.45, 7) is 4.75. The first kappa shape index (κ1) is 11.4. The molecule has 0 saturated heterocycles. The van der Waals surface area contributed by atoms with Crippen molar-refractivity contribution in [3.63, 3.8) is 0 Å². The van der Waals surface area contributed by atoms with E-state index in [1.54, 1.807) is 20.8 Å². The van der Waals surface area contributed by atoms with Crippen molar-refractivity contribution in [1.29, 1.82) is 0 Å². The van der Waals surface area contributed by atoms with Gasteiger partial charge in [0.1, 0.15) is 0 Å². The van der Waals surface area contributed by atoms with E-state index in [0.717, 1.165) is 0 Å². The minimum absolute atomic E-state index is 0.667. The average molecular weight is 196 g/mol. The quantitative estimate of drug-likeness (QED) is 0.511. The summed E-state index contributed by atoms with van der Waals surface area (Å²) in [5.41, 5.74) is -0.759. The molecule has 0 bridgehead atoms. The van der Waals surface area contributed by atoms with Crippen LogP contribution in [0.25, 0.3) is 0 Å². The van der Waals surface area contributed by atoms with Crippen LogP contribution in [0, 0.1) is 5.41 Å². The molecule has 0 rings (SSSR count). The van der Waals surface area contributed by atoms with Crippen molar-refractivity contribution in [3.8, 4) is 0 Å². The van der Waals surface area contributed by atoms with Crippen molar-refractivity contribution in [1.82, 2.24) is 0 Å². The molecular weight excluding hydrogens is 184 g/mol. The number of rotatable bonds is 2. The number of hydrogen-bond acceptors (Lipinski definition) is 4. The van der Waals surface area contributed by atoms with E-state index < -0.39 is 27.4 Å². The van der Waals surface area contributed by atoms with Gasteiger partial charge in [-0.25, -0.2) is 0 Å². The Morgan fingerprint density at radius 1 is 1.42 bits per heavy atom.